The summed E-state index contributed by atoms with van der Waals surface area (Å²) in [6.45, 7) is 5.56. The third kappa shape index (κ3) is 4.04. The Labute approximate surface area is 170 Å². The Kier molecular flexibility index (Phi) is 5.38. The molecule has 5 nitrogen and oxygen atoms in total. The number of carbonyl (C=O) groups is 1. The van der Waals surface area contributed by atoms with Crippen LogP contribution in [0.25, 0.3) is 22.1 Å². The van der Waals surface area contributed by atoms with Gasteiger partial charge in [0, 0.05) is 41.9 Å². The molecule has 0 bridgehead atoms. The fourth-order valence-corrected chi connectivity index (χ4v) is 4.05. The number of hydrogen-bond donors (Lipinski definition) is 1. The van der Waals surface area contributed by atoms with Crippen LogP contribution in [0.5, 0.6) is 0 Å². The van der Waals surface area contributed by atoms with Gasteiger partial charge in [0.25, 0.3) is 0 Å². The van der Waals surface area contributed by atoms with E-state index >= 15 is 0 Å². The molecular formula is C24H26N2O3. The first-order chi connectivity index (χ1) is 14.0. The zero-order valence-electron chi connectivity index (χ0n) is 16.9. The zero-order valence-corrected chi connectivity index (χ0v) is 16.9. The molecule has 0 spiro atoms. The lowest BCUT2D eigenvalue weighted by atomic mass is 9.98. The average Bonchev–Trinajstić information content (AvgIpc) is 2.73. The normalized spacial score (nSPS) is 15.3. The molecule has 1 unspecified atom stereocenters. The van der Waals surface area contributed by atoms with Crippen LogP contribution < -0.4 is 10.9 Å². The fraction of sp³-hybridized carbons (Fsp3) is 0.333. The molecule has 1 aliphatic rings. The van der Waals surface area contributed by atoms with Gasteiger partial charge >= 0.3 is 5.63 Å². The lowest BCUT2D eigenvalue weighted by Crippen LogP contribution is -2.43. The molecule has 1 aromatic heterocycles. The smallest absolute Gasteiger partial charge is 0.336 e. The van der Waals surface area contributed by atoms with Crippen molar-refractivity contribution in [3.63, 3.8) is 0 Å². The molecule has 4 rings (SSSR count). The van der Waals surface area contributed by atoms with Crippen molar-refractivity contribution in [2.24, 2.45) is 0 Å². The van der Waals surface area contributed by atoms with Crippen LogP contribution in [0.2, 0.25) is 0 Å². The molecule has 0 aliphatic carbocycles. The van der Waals surface area contributed by atoms with Crippen molar-refractivity contribution >= 4 is 22.6 Å². The molecule has 29 heavy (non-hydrogen) atoms. The van der Waals surface area contributed by atoms with E-state index in [-0.39, 0.29) is 17.6 Å². The summed E-state index contributed by atoms with van der Waals surface area (Å²) < 4.78 is 5.47. The van der Waals surface area contributed by atoms with E-state index in [0.29, 0.717) is 5.58 Å². The van der Waals surface area contributed by atoms with Gasteiger partial charge in [0.1, 0.15) is 11.6 Å². The monoisotopic (exact) mass is 390 g/mol. The number of carbonyl (C=O) groups excluding carboxylic acids is 1. The predicted octanol–water partition coefficient (Wildman–Crippen LogP) is 4.58. The summed E-state index contributed by atoms with van der Waals surface area (Å²) in [7, 11) is 0. The Bertz CT molecular complexity index is 1100. The van der Waals surface area contributed by atoms with Crippen molar-refractivity contribution in [1.82, 2.24) is 4.90 Å². The highest BCUT2D eigenvalue weighted by atomic mass is 16.4. The van der Waals surface area contributed by atoms with E-state index in [1.54, 1.807) is 12.1 Å². The van der Waals surface area contributed by atoms with Crippen LogP contribution in [0.1, 0.15) is 31.7 Å². The number of hydrogen-bond acceptors (Lipinski definition) is 4. The molecule has 1 amide bonds. The van der Waals surface area contributed by atoms with Crippen molar-refractivity contribution in [3.05, 3.63) is 64.5 Å². The summed E-state index contributed by atoms with van der Waals surface area (Å²) in [5, 5.41) is 4.14. The first-order valence-corrected chi connectivity index (χ1v) is 10.2. The lowest BCUT2D eigenvalue weighted by molar-refractivity contribution is -0.132. The van der Waals surface area contributed by atoms with Crippen LogP contribution in [0, 0.1) is 6.92 Å². The molecule has 2 aromatic carbocycles. The van der Waals surface area contributed by atoms with Crippen molar-refractivity contribution in [1.29, 1.82) is 0 Å². The highest BCUT2D eigenvalue weighted by molar-refractivity contribution is 5.95. The average molecular weight is 390 g/mol. The number of rotatable bonds is 4. The number of aryl methyl sites for hydroxylation is 1. The summed E-state index contributed by atoms with van der Waals surface area (Å²) in [6, 6.07) is 14.9. The van der Waals surface area contributed by atoms with Gasteiger partial charge in [-0.05, 0) is 56.4 Å². The molecule has 1 saturated heterocycles. The molecule has 150 valence electrons. The molecule has 1 aliphatic heterocycles. The Balaban J connectivity index is 1.64. The minimum atomic E-state index is -0.384. The van der Waals surface area contributed by atoms with Crippen LogP contribution in [-0.4, -0.2) is 29.9 Å². The van der Waals surface area contributed by atoms with Gasteiger partial charge in [-0.3, -0.25) is 4.79 Å². The van der Waals surface area contributed by atoms with Crippen LogP contribution in [0.15, 0.2) is 57.7 Å². The molecular weight excluding hydrogens is 364 g/mol. The molecule has 0 saturated carbocycles. The van der Waals surface area contributed by atoms with Crippen LogP contribution in [0.3, 0.4) is 0 Å². The van der Waals surface area contributed by atoms with Crippen LogP contribution in [0.4, 0.5) is 5.69 Å². The molecule has 1 N–H and O–H groups in total. The SMILES string of the molecule is Cc1ccccc1-c1cc(=O)oc2cc(NC(C)C(=O)N3CCCCC3)ccc12. The number of benzene rings is 2. The molecule has 2 heterocycles. The molecule has 5 heteroatoms. The highest BCUT2D eigenvalue weighted by Crippen LogP contribution is 2.31. The molecule has 1 atom stereocenters. The van der Waals surface area contributed by atoms with E-state index in [2.05, 4.69) is 5.32 Å². The maximum atomic E-state index is 12.7. The maximum Gasteiger partial charge on any atom is 0.336 e. The van der Waals surface area contributed by atoms with Crippen molar-refractivity contribution in [3.8, 4) is 11.1 Å². The minimum Gasteiger partial charge on any atom is -0.423 e. The van der Waals surface area contributed by atoms with Crippen molar-refractivity contribution in [2.45, 2.75) is 39.2 Å². The van der Waals surface area contributed by atoms with Crippen LogP contribution in [-0.2, 0) is 4.79 Å². The lowest BCUT2D eigenvalue weighted by Gasteiger charge is -2.29. The second kappa shape index (κ2) is 8.11. The Morgan fingerprint density at radius 2 is 1.79 bits per heavy atom. The number of nitrogens with zero attached hydrogens (tertiary/aromatic N) is 1. The number of nitrogens with one attached hydrogen (secondary N) is 1. The highest BCUT2D eigenvalue weighted by Gasteiger charge is 2.22. The Morgan fingerprint density at radius 3 is 2.55 bits per heavy atom. The predicted molar refractivity (Wildman–Crippen MR) is 116 cm³/mol. The number of amides is 1. The Morgan fingerprint density at radius 1 is 1.03 bits per heavy atom. The Hall–Kier alpha value is -3.08. The van der Waals surface area contributed by atoms with Gasteiger partial charge in [-0.25, -0.2) is 4.79 Å². The number of anilines is 1. The fourth-order valence-electron chi connectivity index (χ4n) is 4.05. The van der Waals surface area contributed by atoms with Crippen molar-refractivity contribution < 1.29 is 9.21 Å². The summed E-state index contributed by atoms with van der Waals surface area (Å²) in [4.78, 5) is 26.8. The van der Waals surface area contributed by atoms with E-state index in [1.165, 1.54) is 6.42 Å². The van der Waals surface area contributed by atoms with E-state index in [1.807, 2.05) is 55.1 Å². The van der Waals surface area contributed by atoms with E-state index in [0.717, 1.165) is 53.7 Å². The maximum absolute atomic E-state index is 12.7. The summed E-state index contributed by atoms with van der Waals surface area (Å²) >= 11 is 0. The van der Waals surface area contributed by atoms with E-state index in [4.69, 9.17) is 4.42 Å². The van der Waals surface area contributed by atoms with Gasteiger partial charge in [-0.1, -0.05) is 24.3 Å². The summed E-state index contributed by atoms with van der Waals surface area (Å²) in [6.07, 6.45) is 3.33. The third-order valence-corrected chi connectivity index (χ3v) is 5.60. The largest absolute Gasteiger partial charge is 0.423 e. The topological polar surface area (TPSA) is 62.6 Å². The van der Waals surface area contributed by atoms with Crippen LogP contribution >= 0.6 is 0 Å². The number of piperidine rings is 1. The van der Waals surface area contributed by atoms with Gasteiger partial charge in [-0.15, -0.1) is 0 Å². The first kappa shape index (κ1) is 19.2. The minimum absolute atomic E-state index is 0.111. The molecule has 3 aromatic rings. The van der Waals surface area contributed by atoms with Gasteiger partial charge in [0.2, 0.25) is 5.91 Å². The van der Waals surface area contributed by atoms with Gasteiger partial charge < -0.3 is 14.6 Å². The van der Waals surface area contributed by atoms with Gasteiger partial charge in [-0.2, -0.15) is 0 Å². The molecule has 1 fully saturated rings. The standard InChI is InChI=1S/C24H26N2O3/c1-16-8-4-5-9-19(16)21-15-23(27)29-22-14-18(10-11-20(21)22)25-17(2)24(28)26-12-6-3-7-13-26/h4-5,8-11,14-15,17,25H,3,6-7,12-13H2,1-2H3. The summed E-state index contributed by atoms with van der Waals surface area (Å²) in [5.41, 5.74) is 3.87. The van der Waals surface area contributed by atoms with Gasteiger partial charge in [0.15, 0.2) is 0 Å². The van der Waals surface area contributed by atoms with E-state index < -0.39 is 0 Å². The van der Waals surface area contributed by atoms with E-state index in [9.17, 15) is 9.59 Å². The number of likely N-dealkylation sites (tertiary alicyclic amines) is 1. The van der Waals surface area contributed by atoms with Crippen molar-refractivity contribution in [2.75, 3.05) is 18.4 Å². The second-order valence-electron chi connectivity index (χ2n) is 7.76. The third-order valence-electron chi connectivity index (χ3n) is 5.60. The second-order valence-corrected chi connectivity index (χ2v) is 7.76. The zero-order chi connectivity index (χ0) is 20.4. The molecule has 0 radical (unpaired) electrons. The first-order valence-electron chi connectivity index (χ1n) is 10.2. The van der Waals surface area contributed by atoms with Gasteiger partial charge in [0.05, 0.1) is 0 Å². The summed E-state index contributed by atoms with van der Waals surface area (Å²) in [5.74, 6) is 0.111. The number of fused-ring (bicyclic) bond motifs is 1. The quantitative estimate of drug-likeness (QED) is 0.662.